The number of carbonyl (C=O) groups is 1. The van der Waals surface area contributed by atoms with E-state index in [1.165, 1.54) is 0 Å². The van der Waals surface area contributed by atoms with Gasteiger partial charge < -0.3 is 20.3 Å². The molecule has 1 aromatic rings. The number of rotatable bonds is 5. The fourth-order valence-corrected chi connectivity index (χ4v) is 1.25. The highest BCUT2D eigenvalue weighted by Gasteiger charge is 2.38. The van der Waals surface area contributed by atoms with E-state index in [2.05, 4.69) is 10.3 Å². The summed E-state index contributed by atoms with van der Waals surface area (Å²) in [6.07, 6.45) is -4.17. The van der Waals surface area contributed by atoms with E-state index >= 15 is 0 Å². The van der Waals surface area contributed by atoms with E-state index in [-0.39, 0.29) is 18.0 Å². The van der Waals surface area contributed by atoms with Gasteiger partial charge in [0.05, 0.1) is 0 Å². The molecule has 0 spiro atoms. The van der Waals surface area contributed by atoms with Crippen molar-refractivity contribution in [3.05, 3.63) is 23.9 Å². The zero-order valence-corrected chi connectivity index (χ0v) is 14.0. The van der Waals surface area contributed by atoms with Crippen molar-refractivity contribution in [3.63, 3.8) is 0 Å². The minimum atomic E-state index is -5.08. The zero-order valence-electron chi connectivity index (χ0n) is 14.0. The predicted molar refractivity (Wildman–Crippen MR) is 81.9 cm³/mol. The number of halogens is 3. The summed E-state index contributed by atoms with van der Waals surface area (Å²) in [6.45, 7) is 6.60. The van der Waals surface area contributed by atoms with Gasteiger partial charge in [-0.05, 0) is 32.9 Å². The van der Waals surface area contributed by atoms with E-state index in [0.29, 0.717) is 12.1 Å². The number of aromatic nitrogens is 1. The van der Waals surface area contributed by atoms with Crippen molar-refractivity contribution in [3.8, 4) is 11.9 Å². The molecule has 140 valence electrons. The topological polar surface area (TPSA) is 115 Å². The quantitative estimate of drug-likeness (QED) is 0.729. The van der Waals surface area contributed by atoms with Gasteiger partial charge in [0.15, 0.2) is 0 Å². The lowest BCUT2D eigenvalue weighted by Gasteiger charge is -2.22. The van der Waals surface area contributed by atoms with Crippen LogP contribution < -0.4 is 10.1 Å². The number of hydrogen-bond donors (Lipinski definition) is 3. The smallest absolute Gasteiger partial charge is 0.475 e. The van der Waals surface area contributed by atoms with Crippen molar-refractivity contribution in [2.45, 2.75) is 38.6 Å². The molecule has 0 aliphatic heterocycles. The Bertz CT molecular complexity index is 595. The summed E-state index contributed by atoms with van der Waals surface area (Å²) in [6, 6.07) is 5.29. The van der Waals surface area contributed by atoms with E-state index in [1.54, 1.807) is 18.3 Å². The SMILES string of the molecule is CC(C)(C)NC[C@H](O)COc1ncccc1C#N.O=C(O)C(F)(F)F. The fourth-order valence-electron chi connectivity index (χ4n) is 1.25. The second-order valence-corrected chi connectivity index (χ2v) is 5.87. The van der Waals surface area contributed by atoms with Gasteiger partial charge >= 0.3 is 12.1 Å². The molecule has 3 N–H and O–H groups in total. The maximum absolute atomic E-state index is 10.6. The van der Waals surface area contributed by atoms with E-state index < -0.39 is 18.2 Å². The second-order valence-electron chi connectivity index (χ2n) is 5.87. The third-order valence-corrected chi connectivity index (χ3v) is 2.41. The van der Waals surface area contributed by atoms with Crippen LogP contribution in [0, 0.1) is 11.3 Å². The first-order valence-electron chi connectivity index (χ1n) is 7.08. The van der Waals surface area contributed by atoms with Gasteiger partial charge in [0.2, 0.25) is 5.88 Å². The Morgan fingerprint density at radius 1 is 1.44 bits per heavy atom. The Kier molecular flexibility index (Phi) is 8.87. The molecule has 1 rings (SSSR count). The standard InChI is InChI=1S/C13H19N3O2.C2HF3O2/c1-13(2,3)16-8-11(17)9-18-12-10(7-14)5-4-6-15-12;3-2(4,5)1(6)7/h4-6,11,16-17H,8-9H2,1-3H3;(H,6,7)/t11-;/m0./s1. The summed E-state index contributed by atoms with van der Waals surface area (Å²) in [4.78, 5) is 12.8. The zero-order chi connectivity index (χ0) is 19.7. The molecule has 0 aromatic carbocycles. The normalized spacial score (nSPS) is 12.4. The summed E-state index contributed by atoms with van der Waals surface area (Å²) in [5.41, 5.74) is 0.317. The highest BCUT2D eigenvalue weighted by atomic mass is 19.4. The Morgan fingerprint density at radius 2 is 2.00 bits per heavy atom. The van der Waals surface area contributed by atoms with Crippen LogP contribution in [0.5, 0.6) is 5.88 Å². The van der Waals surface area contributed by atoms with Gasteiger partial charge in [-0.2, -0.15) is 18.4 Å². The molecule has 0 saturated carbocycles. The fraction of sp³-hybridized carbons (Fsp3) is 0.533. The molecule has 1 aromatic heterocycles. The number of aliphatic hydroxyl groups is 1. The van der Waals surface area contributed by atoms with Gasteiger partial charge in [0.1, 0.15) is 24.3 Å². The van der Waals surface area contributed by atoms with Crippen molar-refractivity contribution in [2.24, 2.45) is 0 Å². The molecule has 0 radical (unpaired) electrons. The van der Waals surface area contributed by atoms with Crippen LogP contribution in [0.1, 0.15) is 26.3 Å². The Hall–Kier alpha value is -2.38. The van der Waals surface area contributed by atoms with E-state index in [0.717, 1.165) is 0 Å². The van der Waals surface area contributed by atoms with Gasteiger partial charge in [-0.1, -0.05) is 0 Å². The van der Waals surface area contributed by atoms with E-state index in [9.17, 15) is 18.3 Å². The maximum Gasteiger partial charge on any atom is 0.490 e. The summed E-state index contributed by atoms with van der Waals surface area (Å²) in [5, 5.41) is 28.9. The number of carboxylic acids is 1. The summed E-state index contributed by atoms with van der Waals surface area (Å²) >= 11 is 0. The summed E-state index contributed by atoms with van der Waals surface area (Å²) in [7, 11) is 0. The number of alkyl halides is 3. The number of ether oxygens (including phenoxy) is 1. The molecule has 0 fully saturated rings. The number of pyridine rings is 1. The molecular weight excluding hydrogens is 343 g/mol. The van der Waals surface area contributed by atoms with E-state index in [1.807, 2.05) is 26.8 Å². The molecule has 0 bridgehead atoms. The largest absolute Gasteiger partial charge is 0.490 e. The average molecular weight is 363 g/mol. The van der Waals surface area contributed by atoms with E-state index in [4.69, 9.17) is 19.9 Å². The van der Waals surface area contributed by atoms with Crippen LogP contribution >= 0.6 is 0 Å². The highest BCUT2D eigenvalue weighted by molar-refractivity contribution is 5.73. The van der Waals surface area contributed by atoms with Gasteiger partial charge in [0, 0.05) is 18.3 Å². The molecule has 0 saturated heterocycles. The first kappa shape index (κ1) is 22.6. The van der Waals surface area contributed by atoms with Crippen LogP contribution in [0.25, 0.3) is 0 Å². The molecule has 0 unspecified atom stereocenters. The monoisotopic (exact) mass is 363 g/mol. The lowest BCUT2D eigenvalue weighted by atomic mass is 10.1. The van der Waals surface area contributed by atoms with Gasteiger partial charge in [0.25, 0.3) is 0 Å². The average Bonchev–Trinajstić information content (AvgIpc) is 2.50. The maximum atomic E-state index is 10.6. The molecule has 7 nitrogen and oxygen atoms in total. The third kappa shape index (κ3) is 10.9. The molecular formula is C15H20F3N3O4. The van der Waals surface area contributed by atoms with Crippen molar-refractivity contribution >= 4 is 5.97 Å². The highest BCUT2D eigenvalue weighted by Crippen LogP contribution is 2.13. The number of nitrogens with zero attached hydrogens (tertiary/aromatic N) is 2. The summed E-state index contributed by atoms with van der Waals surface area (Å²) < 4.78 is 37.1. The predicted octanol–water partition coefficient (Wildman–Crippen LogP) is 1.71. The number of nitrogens with one attached hydrogen (secondary N) is 1. The number of β-amino-alcohol motifs (C(OH)–C–C–N with tert-alkyl or cyclic N) is 1. The van der Waals surface area contributed by atoms with Crippen molar-refractivity contribution < 1.29 is 32.9 Å². The molecule has 0 aliphatic rings. The van der Waals surface area contributed by atoms with Gasteiger partial charge in [-0.15, -0.1) is 0 Å². The Balaban J connectivity index is 0.000000697. The number of carboxylic acid groups (broad SMARTS) is 1. The minimum absolute atomic E-state index is 0.0518. The molecule has 25 heavy (non-hydrogen) atoms. The van der Waals surface area contributed by atoms with Gasteiger partial charge in [-0.25, -0.2) is 9.78 Å². The molecule has 0 amide bonds. The lowest BCUT2D eigenvalue weighted by molar-refractivity contribution is -0.192. The first-order valence-corrected chi connectivity index (χ1v) is 7.08. The Morgan fingerprint density at radius 3 is 2.44 bits per heavy atom. The minimum Gasteiger partial charge on any atom is -0.475 e. The van der Waals surface area contributed by atoms with Crippen molar-refractivity contribution in [2.75, 3.05) is 13.2 Å². The summed E-state index contributed by atoms with van der Waals surface area (Å²) in [5.74, 6) is -2.50. The second kappa shape index (κ2) is 9.80. The number of aliphatic carboxylic acids is 1. The number of aliphatic hydroxyl groups excluding tert-OH is 1. The van der Waals surface area contributed by atoms with Crippen molar-refractivity contribution in [1.29, 1.82) is 5.26 Å². The first-order chi connectivity index (χ1) is 11.4. The van der Waals surface area contributed by atoms with Crippen LogP contribution in [0.15, 0.2) is 18.3 Å². The number of hydrogen-bond acceptors (Lipinski definition) is 6. The van der Waals surface area contributed by atoms with Crippen LogP contribution in [0.3, 0.4) is 0 Å². The van der Waals surface area contributed by atoms with Crippen LogP contribution in [-0.2, 0) is 4.79 Å². The van der Waals surface area contributed by atoms with Crippen LogP contribution in [-0.4, -0.2) is 52.1 Å². The molecule has 1 atom stereocenters. The van der Waals surface area contributed by atoms with Crippen molar-refractivity contribution in [1.82, 2.24) is 10.3 Å². The molecule has 1 heterocycles. The lowest BCUT2D eigenvalue weighted by Crippen LogP contribution is -2.42. The molecule has 0 aliphatic carbocycles. The number of nitriles is 1. The molecule has 10 heteroatoms. The van der Waals surface area contributed by atoms with Gasteiger partial charge in [-0.3, -0.25) is 0 Å². The van der Waals surface area contributed by atoms with Crippen LogP contribution in [0.4, 0.5) is 13.2 Å². The third-order valence-electron chi connectivity index (χ3n) is 2.41. The Labute approximate surface area is 143 Å². The van der Waals surface area contributed by atoms with Crippen LogP contribution in [0.2, 0.25) is 0 Å².